The summed E-state index contributed by atoms with van der Waals surface area (Å²) in [6, 6.07) is 43.4. The quantitative estimate of drug-likeness (QED) is 0.128. The number of rotatable bonds is 0. The van der Waals surface area contributed by atoms with Crippen molar-refractivity contribution in [1.29, 1.82) is 0 Å². The SMILES string of the molecule is CC(C)(C)c1ccccn1.CC(C)(C)c1ccccn1.CC(C)(C)c1cccnc1.CC(C)(C)c1cccnc1.CC(C)(C)c1cccnc1F.CC(C)(C)c1cccnn1.CC(C)(C)c1ccncc1.CC(C)(C)c1ccncc1.CC(C)(C)c1ccncc1F.CC(C)(C)c1ccncn1.CC(C)(C)c1ccns1.CC(C)(C)c1cnccn1.CC(C)(C)c1cncnc1.CC(C)(C)c1cnsc1.CC(C)(C)c1ncccn1. The minimum absolute atomic E-state index is 0.0707. The van der Waals surface area contributed by atoms with Crippen molar-refractivity contribution in [3.63, 3.8) is 0 Å². The predicted molar refractivity (Wildman–Crippen MR) is 629 cm³/mol. The predicted octanol–water partition coefficient (Wildman–Crippen LogP) is 33.1. The smallest absolute Gasteiger partial charge is 0.216 e. The average molecular weight is 2080 g/mol. The summed E-state index contributed by atoms with van der Waals surface area (Å²) in [7, 11) is 0. The molecule has 15 aromatic heterocycles. The third-order valence-corrected chi connectivity index (χ3v) is 23.1. The van der Waals surface area contributed by atoms with E-state index in [9.17, 15) is 8.78 Å². The second-order valence-electron chi connectivity index (χ2n) is 51.1. The molecule has 0 N–H and O–H groups in total. The Balaban J connectivity index is 0.000000804. The van der Waals surface area contributed by atoms with Crippen molar-refractivity contribution in [2.75, 3.05) is 0 Å². The number of halogens is 2. The van der Waals surface area contributed by atoms with Gasteiger partial charge in [0.05, 0.1) is 17.6 Å². The fraction of sp³-hybridized carbons (Fsp3) is 0.476. The highest BCUT2D eigenvalue weighted by Gasteiger charge is 2.25. The van der Waals surface area contributed by atoms with Gasteiger partial charge in [-0.3, -0.25) is 44.9 Å². The molecule has 150 heavy (non-hydrogen) atoms. The summed E-state index contributed by atoms with van der Waals surface area (Å²) in [5, 5.41) is 9.90. The zero-order valence-corrected chi connectivity index (χ0v) is 101. The Morgan fingerprint density at radius 1 is 0.200 bits per heavy atom. The fourth-order valence-electron chi connectivity index (χ4n) is 11.5. The molecule has 0 fully saturated rings. The van der Waals surface area contributed by atoms with E-state index in [1.54, 1.807) is 104 Å². The van der Waals surface area contributed by atoms with Crippen molar-refractivity contribution >= 4 is 23.1 Å². The zero-order chi connectivity index (χ0) is 115. The lowest BCUT2D eigenvalue weighted by Crippen LogP contribution is -2.14. The molecule has 0 saturated carbocycles. The van der Waals surface area contributed by atoms with Crippen molar-refractivity contribution in [2.24, 2.45) is 0 Å². The van der Waals surface area contributed by atoms with E-state index in [4.69, 9.17) is 0 Å². The van der Waals surface area contributed by atoms with Gasteiger partial charge >= 0.3 is 0 Å². The lowest BCUT2D eigenvalue weighted by molar-refractivity contribution is 0.499. The van der Waals surface area contributed by atoms with Crippen LogP contribution in [0.3, 0.4) is 0 Å². The van der Waals surface area contributed by atoms with Gasteiger partial charge in [-0.05, 0) is 214 Å². The second kappa shape index (κ2) is 63.1. The summed E-state index contributed by atoms with van der Waals surface area (Å²) >= 11 is 3.10. The van der Waals surface area contributed by atoms with Gasteiger partial charge < -0.3 is 0 Å². The highest BCUT2D eigenvalue weighted by Crippen LogP contribution is 2.31. The lowest BCUT2D eigenvalue weighted by atomic mass is 9.87. The van der Waals surface area contributed by atoms with Gasteiger partial charge in [0.15, 0.2) is 0 Å². The van der Waals surface area contributed by atoms with Gasteiger partial charge in [-0.15, -0.1) is 0 Å². The van der Waals surface area contributed by atoms with E-state index in [0.29, 0.717) is 11.1 Å². The third kappa shape index (κ3) is 60.5. The highest BCUT2D eigenvalue weighted by molar-refractivity contribution is 7.05. The molecule has 20 nitrogen and oxygen atoms in total. The van der Waals surface area contributed by atoms with E-state index in [0.717, 1.165) is 34.3 Å². The molecule has 0 unspecified atom stereocenters. The Labute approximate surface area is 912 Å². The molecule has 0 aliphatic heterocycles. The Kier molecular flexibility index (Phi) is 57.1. The van der Waals surface area contributed by atoms with Gasteiger partial charge in [0, 0.05) is 208 Å². The number of pyridine rings is 8. The van der Waals surface area contributed by atoms with E-state index in [2.05, 4.69) is 429 Å². The molecular weight excluding hydrogens is 1900 g/mol. The first-order valence-electron chi connectivity index (χ1n) is 51.2. The summed E-state index contributed by atoms with van der Waals surface area (Å²) in [6.45, 7) is 96.1. The molecule has 0 atom stereocenters. The Morgan fingerprint density at radius 3 is 0.820 bits per heavy atom. The van der Waals surface area contributed by atoms with Gasteiger partial charge in [0.1, 0.15) is 24.3 Å². The van der Waals surface area contributed by atoms with Crippen LogP contribution in [0.2, 0.25) is 0 Å². The van der Waals surface area contributed by atoms with Crippen LogP contribution in [-0.4, -0.2) is 98.7 Å². The van der Waals surface area contributed by atoms with Crippen molar-refractivity contribution in [2.45, 2.75) is 393 Å². The molecule has 814 valence electrons. The maximum absolute atomic E-state index is 13.0. The van der Waals surface area contributed by atoms with E-state index >= 15 is 0 Å². The monoisotopic (exact) mass is 2080 g/mol. The summed E-state index contributed by atoms with van der Waals surface area (Å²) in [5.41, 5.74) is 16.8. The van der Waals surface area contributed by atoms with E-state index < -0.39 is 0 Å². The Morgan fingerprint density at radius 2 is 0.580 bits per heavy atom. The summed E-state index contributed by atoms with van der Waals surface area (Å²) in [5.74, 6) is 0.315. The zero-order valence-electron chi connectivity index (χ0n) is 99.8. The molecule has 0 aliphatic rings. The van der Waals surface area contributed by atoms with Crippen LogP contribution >= 0.6 is 23.1 Å². The lowest BCUT2D eigenvalue weighted by Gasteiger charge is -2.18. The van der Waals surface area contributed by atoms with Crippen molar-refractivity contribution in [3.05, 3.63) is 396 Å². The van der Waals surface area contributed by atoms with Gasteiger partial charge in [0.25, 0.3) is 0 Å². The summed E-state index contributed by atoms with van der Waals surface area (Å²) in [6.07, 6.45) is 45.6. The Hall–Kier alpha value is -12.3. The maximum Gasteiger partial charge on any atom is 0.216 e. The molecule has 15 rings (SSSR count). The van der Waals surface area contributed by atoms with Crippen LogP contribution in [0.15, 0.2) is 300 Å². The fourth-order valence-corrected chi connectivity index (χ4v) is 12.9. The molecule has 0 amide bonds. The molecule has 15 heterocycles. The minimum atomic E-state index is -0.361. The van der Waals surface area contributed by atoms with Crippen LogP contribution < -0.4 is 0 Å². The standard InChI is InChI=1S/2C9H12FN.6C9H13N.5C8H12N2.2C7H11NS/c1-9(2,3)7-4-5-11-6-8(7)10;1-9(2,3)7-5-4-6-11-8(7)10;2*1-9(2,3)8-4-6-10-7-5-8;2*1-9(2,3)8-5-4-6-10-7-8;2*1-9(2,3)8-6-4-5-7-10-8;1-8(2,3)7-4-9-6-10-5-7;1-8(2,3)7-6-9-4-5-10-7;1-8(2,3)7-4-5-9-6-10-7;1-8(2,3)7-9-5-4-6-10-7;1-8(2,3)7-5-4-6-9-10-7;1-7(2,3)6-4-8-9-5-6;1-7(2,3)6-4-5-8-9-6/h2*4-6H,1-3H3;6*4-7H,1-3H3;5*4-6H,1-3H3;2*4-5H,1-3H3. The normalized spacial score (nSPS) is 11.6. The van der Waals surface area contributed by atoms with Crippen LogP contribution in [0.25, 0.3) is 0 Å². The van der Waals surface area contributed by atoms with Gasteiger partial charge in [0.2, 0.25) is 5.95 Å². The molecule has 0 bridgehead atoms. The van der Waals surface area contributed by atoms with Crippen molar-refractivity contribution in [3.8, 4) is 0 Å². The first kappa shape index (κ1) is 136. The molecule has 0 aliphatic carbocycles. The van der Waals surface area contributed by atoms with Crippen LogP contribution in [0.1, 0.15) is 395 Å². The Bertz CT molecular complexity index is 4890. The van der Waals surface area contributed by atoms with Gasteiger partial charge in [-0.1, -0.05) is 342 Å². The molecular formula is C126H184F2N20S2. The first-order chi connectivity index (χ1) is 68.9. The van der Waals surface area contributed by atoms with Gasteiger partial charge in [-0.25, -0.2) is 48.0 Å². The van der Waals surface area contributed by atoms with Gasteiger partial charge in [-0.2, -0.15) is 14.6 Å². The average Bonchev–Trinajstić information content (AvgIpc) is 0.935. The highest BCUT2D eigenvalue weighted by atomic mass is 32.1. The van der Waals surface area contributed by atoms with Crippen LogP contribution in [0.4, 0.5) is 8.78 Å². The maximum atomic E-state index is 13.0. The third-order valence-electron chi connectivity index (χ3n) is 21.3. The van der Waals surface area contributed by atoms with E-state index in [-0.39, 0.29) is 93.0 Å². The van der Waals surface area contributed by atoms with Crippen molar-refractivity contribution < 1.29 is 8.78 Å². The number of hydrogen-bond acceptors (Lipinski definition) is 22. The van der Waals surface area contributed by atoms with Crippen molar-refractivity contribution in [1.82, 2.24) is 98.7 Å². The molecule has 0 spiro atoms. The van der Waals surface area contributed by atoms with Crippen LogP contribution in [-0.2, 0) is 81.2 Å². The van der Waals surface area contributed by atoms with E-state index in [1.165, 1.54) is 62.2 Å². The number of nitrogens with zero attached hydrogens (tertiary/aromatic N) is 20. The molecule has 15 aromatic rings. The first-order valence-corrected chi connectivity index (χ1v) is 52.8. The number of aromatic nitrogens is 20. The van der Waals surface area contributed by atoms with E-state index in [1.807, 2.05) is 177 Å². The molecule has 24 heteroatoms. The van der Waals surface area contributed by atoms with Crippen LogP contribution in [0.5, 0.6) is 0 Å². The minimum Gasteiger partial charge on any atom is -0.265 e. The molecule has 0 aromatic carbocycles. The van der Waals surface area contributed by atoms with Crippen LogP contribution in [0, 0.1) is 11.8 Å². The molecule has 0 saturated heterocycles. The molecule has 0 radical (unpaired) electrons. The second-order valence-corrected chi connectivity index (χ2v) is 52.6. The number of hydrogen-bond donors (Lipinski definition) is 0. The summed E-state index contributed by atoms with van der Waals surface area (Å²) in [4.78, 5) is 65.5. The largest absolute Gasteiger partial charge is 0.265 e. The topological polar surface area (TPSA) is 258 Å². The summed E-state index contributed by atoms with van der Waals surface area (Å²) < 4.78 is 34.1.